The number of carbonyl (C=O) groups is 2. The van der Waals surface area contributed by atoms with Crippen LogP contribution in [0.1, 0.15) is 31.2 Å². The molecular formula is C18H15N3O6. The number of nitrogens with zero attached hydrogens (tertiary/aromatic N) is 3. The van der Waals surface area contributed by atoms with E-state index in [1.165, 1.54) is 32.0 Å². The van der Waals surface area contributed by atoms with Crippen molar-refractivity contribution >= 4 is 23.5 Å². The van der Waals surface area contributed by atoms with Gasteiger partial charge in [-0.15, -0.1) is 5.10 Å². The van der Waals surface area contributed by atoms with E-state index in [9.17, 15) is 19.7 Å². The lowest BCUT2D eigenvalue weighted by Gasteiger charge is -2.19. The molecule has 0 aliphatic carbocycles. The van der Waals surface area contributed by atoms with Crippen LogP contribution in [0.2, 0.25) is 0 Å². The minimum absolute atomic E-state index is 0.112. The summed E-state index contributed by atoms with van der Waals surface area (Å²) in [5.41, 5.74) is 0.874. The fraction of sp³-hybridized carbons (Fsp3) is 0.167. The van der Waals surface area contributed by atoms with E-state index in [4.69, 9.17) is 9.47 Å². The van der Waals surface area contributed by atoms with Crippen molar-refractivity contribution in [2.45, 2.75) is 20.1 Å². The molecule has 1 atom stereocenters. The number of hydrazone groups is 1. The number of nitro groups is 1. The largest absolute Gasteiger partial charge is 0.446 e. The lowest BCUT2D eigenvalue weighted by atomic mass is 10.1. The molecule has 0 saturated heterocycles. The van der Waals surface area contributed by atoms with E-state index in [0.29, 0.717) is 16.9 Å². The quantitative estimate of drug-likeness (QED) is 0.355. The number of carbonyl (C=O) groups excluding carboxylic acids is 2. The number of esters is 1. The van der Waals surface area contributed by atoms with Crippen molar-refractivity contribution < 1.29 is 24.0 Å². The van der Waals surface area contributed by atoms with Gasteiger partial charge in [-0.2, -0.15) is 5.01 Å². The maximum Gasteiger partial charge on any atom is 0.308 e. The molecule has 1 aliphatic heterocycles. The molecule has 0 spiro atoms. The summed E-state index contributed by atoms with van der Waals surface area (Å²) < 4.78 is 10.8. The summed E-state index contributed by atoms with van der Waals surface area (Å²) in [5.74, 6) is -0.275. The molecule has 0 N–H and O–H groups in total. The minimum atomic E-state index is -0.912. The zero-order chi connectivity index (χ0) is 19.6. The van der Waals surface area contributed by atoms with Crippen molar-refractivity contribution in [3.8, 4) is 5.75 Å². The summed E-state index contributed by atoms with van der Waals surface area (Å²) in [6, 6.07) is 12.2. The van der Waals surface area contributed by atoms with Gasteiger partial charge in [0.25, 0.3) is 5.69 Å². The molecule has 1 aliphatic rings. The highest BCUT2D eigenvalue weighted by Gasteiger charge is 2.33. The second-order valence-corrected chi connectivity index (χ2v) is 5.71. The molecule has 0 radical (unpaired) electrons. The van der Waals surface area contributed by atoms with Crippen LogP contribution < -0.4 is 4.74 Å². The summed E-state index contributed by atoms with van der Waals surface area (Å²) in [6.45, 7) is 2.62. The van der Waals surface area contributed by atoms with E-state index in [0.717, 1.165) is 5.01 Å². The molecule has 9 heteroatoms. The molecule has 2 aromatic rings. The van der Waals surface area contributed by atoms with Gasteiger partial charge < -0.3 is 9.47 Å². The Morgan fingerprint density at radius 2 is 1.89 bits per heavy atom. The van der Waals surface area contributed by atoms with Crippen LogP contribution in [-0.2, 0) is 14.3 Å². The Hall–Kier alpha value is -3.75. The Kier molecular flexibility index (Phi) is 4.84. The summed E-state index contributed by atoms with van der Waals surface area (Å²) in [5, 5.41) is 16.3. The van der Waals surface area contributed by atoms with Gasteiger partial charge in [0.05, 0.1) is 4.92 Å². The zero-order valence-electron chi connectivity index (χ0n) is 14.5. The summed E-state index contributed by atoms with van der Waals surface area (Å²) in [4.78, 5) is 33.4. The average molecular weight is 369 g/mol. The number of rotatable bonds is 4. The lowest BCUT2D eigenvalue weighted by Crippen LogP contribution is -2.25. The summed E-state index contributed by atoms with van der Waals surface area (Å²) in [7, 11) is 0. The third-order valence-corrected chi connectivity index (χ3v) is 3.70. The molecule has 3 rings (SSSR count). The van der Waals surface area contributed by atoms with Gasteiger partial charge >= 0.3 is 5.97 Å². The van der Waals surface area contributed by atoms with Gasteiger partial charge in [-0.25, -0.2) is 0 Å². The summed E-state index contributed by atoms with van der Waals surface area (Å²) in [6.07, 6.45) is -0.912. The Morgan fingerprint density at radius 3 is 2.48 bits per heavy atom. The fourth-order valence-electron chi connectivity index (χ4n) is 2.52. The molecule has 9 nitrogen and oxygen atoms in total. The molecule has 2 aromatic carbocycles. The maximum absolute atomic E-state index is 11.9. The number of amides is 1. The number of non-ortho nitro benzene ring substituents is 1. The van der Waals surface area contributed by atoms with E-state index < -0.39 is 17.1 Å². The molecule has 1 amide bonds. The van der Waals surface area contributed by atoms with Crippen molar-refractivity contribution in [2.24, 2.45) is 5.10 Å². The van der Waals surface area contributed by atoms with Crippen molar-refractivity contribution in [3.05, 3.63) is 69.8 Å². The van der Waals surface area contributed by atoms with Gasteiger partial charge in [-0.05, 0) is 24.3 Å². The summed E-state index contributed by atoms with van der Waals surface area (Å²) >= 11 is 0. The minimum Gasteiger partial charge on any atom is -0.446 e. The van der Waals surface area contributed by atoms with Crippen molar-refractivity contribution in [2.75, 3.05) is 0 Å². The van der Waals surface area contributed by atoms with E-state index in [1.54, 1.807) is 30.3 Å². The molecule has 27 heavy (non-hydrogen) atoms. The topological polar surface area (TPSA) is 111 Å². The highest BCUT2D eigenvalue weighted by molar-refractivity contribution is 5.96. The Bertz CT molecular complexity index is 938. The standard InChI is InChI=1S/C18H15N3O6/c1-11(22)20-18(14-4-3-5-15(10-14)21(24)25)27-17(19-20)13-6-8-16(9-7-13)26-12(2)23/h3-10,18H,1-2H3/t18-/m1/s1. The van der Waals surface area contributed by atoms with Crippen LogP contribution in [0.4, 0.5) is 5.69 Å². The van der Waals surface area contributed by atoms with Gasteiger partial charge in [0, 0.05) is 37.1 Å². The third kappa shape index (κ3) is 3.92. The van der Waals surface area contributed by atoms with Crippen LogP contribution in [0.15, 0.2) is 53.6 Å². The number of ether oxygens (including phenoxy) is 2. The number of nitro benzene ring substituents is 1. The Labute approximate surface area is 154 Å². The highest BCUT2D eigenvalue weighted by atomic mass is 16.6. The lowest BCUT2D eigenvalue weighted by molar-refractivity contribution is -0.385. The predicted octanol–water partition coefficient (Wildman–Crippen LogP) is 2.76. The van der Waals surface area contributed by atoms with E-state index in [-0.39, 0.29) is 17.5 Å². The predicted molar refractivity (Wildman–Crippen MR) is 93.7 cm³/mol. The molecule has 0 unspecified atom stereocenters. The molecule has 138 valence electrons. The second-order valence-electron chi connectivity index (χ2n) is 5.71. The molecule has 0 fully saturated rings. The van der Waals surface area contributed by atoms with Crippen molar-refractivity contribution in [1.82, 2.24) is 5.01 Å². The maximum atomic E-state index is 11.9. The third-order valence-electron chi connectivity index (χ3n) is 3.70. The van der Waals surface area contributed by atoms with Gasteiger partial charge in [-0.1, -0.05) is 12.1 Å². The monoisotopic (exact) mass is 369 g/mol. The van der Waals surface area contributed by atoms with E-state index in [1.807, 2.05) is 0 Å². The van der Waals surface area contributed by atoms with E-state index >= 15 is 0 Å². The van der Waals surface area contributed by atoms with Crippen LogP contribution in [0.3, 0.4) is 0 Å². The average Bonchev–Trinajstić information content (AvgIpc) is 3.07. The molecule has 0 aromatic heterocycles. The Balaban J connectivity index is 1.88. The fourth-order valence-corrected chi connectivity index (χ4v) is 2.52. The van der Waals surface area contributed by atoms with Crippen LogP contribution >= 0.6 is 0 Å². The van der Waals surface area contributed by atoms with Gasteiger partial charge in [0.15, 0.2) is 0 Å². The van der Waals surface area contributed by atoms with Gasteiger partial charge in [0.2, 0.25) is 18.0 Å². The highest BCUT2D eigenvalue weighted by Crippen LogP contribution is 2.32. The number of hydrogen-bond donors (Lipinski definition) is 0. The molecular weight excluding hydrogens is 354 g/mol. The van der Waals surface area contributed by atoms with Crippen molar-refractivity contribution in [3.63, 3.8) is 0 Å². The van der Waals surface area contributed by atoms with Gasteiger partial charge in [-0.3, -0.25) is 19.7 Å². The van der Waals surface area contributed by atoms with Gasteiger partial charge in [0.1, 0.15) is 5.75 Å². The van der Waals surface area contributed by atoms with Crippen LogP contribution in [0.25, 0.3) is 0 Å². The first-order chi connectivity index (χ1) is 12.8. The second kappa shape index (κ2) is 7.24. The van der Waals surface area contributed by atoms with Crippen molar-refractivity contribution in [1.29, 1.82) is 0 Å². The van der Waals surface area contributed by atoms with E-state index in [2.05, 4.69) is 5.10 Å². The van der Waals surface area contributed by atoms with Crippen LogP contribution in [-0.4, -0.2) is 27.7 Å². The Morgan fingerprint density at radius 1 is 1.19 bits per heavy atom. The van der Waals surface area contributed by atoms with Crippen LogP contribution in [0, 0.1) is 10.1 Å². The first-order valence-electron chi connectivity index (χ1n) is 7.93. The SMILES string of the molecule is CC(=O)Oc1ccc(C2=NN(C(C)=O)[C@@H](c3cccc([N+](=O)[O-])c3)O2)cc1. The molecule has 0 saturated carbocycles. The molecule has 0 bridgehead atoms. The zero-order valence-corrected chi connectivity index (χ0v) is 14.5. The first-order valence-corrected chi connectivity index (χ1v) is 7.93. The normalized spacial score (nSPS) is 15.7. The first kappa shape index (κ1) is 18.1. The van der Waals surface area contributed by atoms with Crippen LogP contribution in [0.5, 0.6) is 5.75 Å². The molecule has 1 heterocycles. The smallest absolute Gasteiger partial charge is 0.308 e. The number of hydrogen-bond acceptors (Lipinski definition) is 7. The number of benzene rings is 2.